The Morgan fingerprint density at radius 3 is 2.76 bits per heavy atom. The summed E-state index contributed by atoms with van der Waals surface area (Å²) in [6.07, 6.45) is 1.72. The van der Waals surface area contributed by atoms with Crippen molar-refractivity contribution in [2.45, 2.75) is 0 Å². The molecule has 0 bridgehead atoms. The van der Waals surface area contributed by atoms with E-state index in [4.69, 9.17) is 0 Å². The molecule has 0 fully saturated rings. The van der Waals surface area contributed by atoms with E-state index in [1.54, 1.807) is 25.5 Å². The van der Waals surface area contributed by atoms with Gasteiger partial charge in [-0.1, -0.05) is 12.1 Å². The summed E-state index contributed by atoms with van der Waals surface area (Å²) < 4.78 is 15.6. The van der Waals surface area contributed by atoms with Crippen molar-refractivity contribution >= 4 is 22.6 Å². The molecule has 1 heterocycles. The molecule has 3 rings (SSSR count). The first-order valence-electron chi connectivity index (χ1n) is 6.51. The first-order chi connectivity index (χ1) is 10.1. The minimum atomic E-state index is -0.520. The van der Waals surface area contributed by atoms with Gasteiger partial charge in [0.25, 0.3) is 5.91 Å². The van der Waals surface area contributed by atoms with E-state index < -0.39 is 5.82 Å². The van der Waals surface area contributed by atoms with Crippen molar-refractivity contribution in [3.63, 3.8) is 0 Å². The molecule has 0 spiro atoms. The van der Waals surface area contributed by atoms with Crippen molar-refractivity contribution in [3.8, 4) is 0 Å². The van der Waals surface area contributed by atoms with Crippen LogP contribution in [0.2, 0.25) is 0 Å². The molecule has 0 saturated carbocycles. The van der Waals surface area contributed by atoms with Crippen molar-refractivity contribution in [3.05, 3.63) is 60.2 Å². The lowest BCUT2D eigenvalue weighted by molar-refractivity contribution is 0.0989. The molecule has 0 N–H and O–H groups in total. The molecule has 3 aromatic rings. The van der Waals surface area contributed by atoms with Gasteiger partial charge in [0.05, 0.1) is 22.9 Å². The fraction of sp³-hybridized carbons (Fsp3) is 0.125. The van der Waals surface area contributed by atoms with Crippen LogP contribution in [0.4, 0.5) is 10.1 Å². The molecule has 0 saturated heterocycles. The third-order valence-corrected chi connectivity index (χ3v) is 3.51. The Morgan fingerprint density at radius 2 is 2.00 bits per heavy atom. The highest BCUT2D eigenvalue weighted by Crippen LogP contribution is 2.22. The van der Waals surface area contributed by atoms with Crippen LogP contribution in [-0.4, -0.2) is 22.5 Å². The number of hydrogen-bond donors (Lipinski definition) is 0. The SMILES string of the molecule is CN(C(=O)c1ccccc1F)c1ccc2c(c1)ncn2C. The molecular formula is C16H14FN3O. The van der Waals surface area contributed by atoms with Gasteiger partial charge in [-0.3, -0.25) is 4.79 Å². The number of fused-ring (bicyclic) bond motifs is 1. The van der Waals surface area contributed by atoms with E-state index in [2.05, 4.69) is 4.98 Å². The first-order valence-corrected chi connectivity index (χ1v) is 6.51. The van der Waals surface area contributed by atoms with Crippen molar-refractivity contribution in [2.75, 3.05) is 11.9 Å². The summed E-state index contributed by atoms with van der Waals surface area (Å²) in [5.41, 5.74) is 2.50. The molecule has 0 aliphatic rings. The Hall–Kier alpha value is -2.69. The third kappa shape index (κ3) is 2.27. The summed E-state index contributed by atoms with van der Waals surface area (Å²) in [6.45, 7) is 0. The largest absolute Gasteiger partial charge is 0.334 e. The van der Waals surface area contributed by atoms with E-state index in [1.165, 1.54) is 17.0 Å². The van der Waals surface area contributed by atoms with Gasteiger partial charge in [0.2, 0.25) is 0 Å². The number of aryl methyl sites for hydroxylation is 1. The topological polar surface area (TPSA) is 38.1 Å². The van der Waals surface area contributed by atoms with Crippen LogP contribution in [-0.2, 0) is 7.05 Å². The number of benzene rings is 2. The maximum Gasteiger partial charge on any atom is 0.260 e. The second-order valence-corrected chi connectivity index (χ2v) is 4.87. The number of carbonyl (C=O) groups excluding carboxylic acids is 1. The Bertz CT molecular complexity index is 825. The molecule has 0 unspecified atom stereocenters. The summed E-state index contributed by atoms with van der Waals surface area (Å²) in [5, 5.41) is 0. The van der Waals surface area contributed by atoms with E-state index in [0.29, 0.717) is 5.69 Å². The Balaban J connectivity index is 1.98. The Labute approximate surface area is 121 Å². The standard InChI is InChI=1S/C16H14FN3O/c1-19-10-18-14-9-11(7-8-15(14)19)20(2)16(21)12-5-3-4-6-13(12)17/h3-10H,1-2H3. The molecule has 4 nitrogen and oxygen atoms in total. The van der Waals surface area contributed by atoms with Gasteiger partial charge in [0, 0.05) is 19.8 Å². The predicted molar refractivity (Wildman–Crippen MR) is 79.8 cm³/mol. The van der Waals surface area contributed by atoms with Crippen LogP contribution < -0.4 is 4.90 Å². The van der Waals surface area contributed by atoms with E-state index >= 15 is 0 Å². The highest BCUT2D eigenvalue weighted by molar-refractivity contribution is 6.06. The third-order valence-electron chi connectivity index (χ3n) is 3.51. The number of halogens is 1. The zero-order chi connectivity index (χ0) is 15.0. The van der Waals surface area contributed by atoms with Crippen LogP contribution in [0, 0.1) is 5.82 Å². The van der Waals surface area contributed by atoms with Gasteiger partial charge >= 0.3 is 0 Å². The lowest BCUT2D eigenvalue weighted by Gasteiger charge is -2.17. The monoisotopic (exact) mass is 283 g/mol. The Kier molecular flexibility index (Phi) is 3.17. The number of amides is 1. The van der Waals surface area contributed by atoms with Gasteiger partial charge < -0.3 is 9.47 Å². The molecule has 106 valence electrons. The zero-order valence-electron chi connectivity index (χ0n) is 11.7. The van der Waals surface area contributed by atoms with Gasteiger partial charge in [-0.15, -0.1) is 0 Å². The second kappa shape index (κ2) is 5.01. The van der Waals surface area contributed by atoms with Crippen LogP contribution in [0.1, 0.15) is 10.4 Å². The van der Waals surface area contributed by atoms with Crippen LogP contribution in [0.5, 0.6) is 0 Å². The normalized spacial score (nSPS) is 10.8. The highest BCUT2D eigenvalue weighted by Gasteiger charge is 2.17. The molecular weight excluding hydrogens is 269 g/mol. The summed E-state index contributed by atoms with van der Waals surface area (Å²) in [4.78, 5) is 18.1. The summed E-state index contributed by atoms with van der Waals surface area (Å²) in [6, 6.07) is 11.5. The van der Waals surface area contributed by atoms with Crippen molar-refractivity contribution in [1.82, 2.24) is 9.55 Å². The van der Waals surface area contributed by atoms with Crippen molar-refractivity contribution in [1.29, 1.82) is 0 Å². The minimum absolute atomic E-state index is 0.0566. The fourth-order valence-electron chi connectivity index (χ4n) is 2.27. The number of rotatable bonds is 2. The van der Waals surface area contributed by atoms with Crippen molar-refractivity contribution < 1.29 is 9.18 Å². The quantitative estimate of drug-likeness (QED) is 0.725. The smallest absolute Gasteiger partial charge is 0.260 e. The summed E-state index contributed by atoms with van der Waals surface area (Å²) in [5.74, 6) is -0.906. The van der Waals surface area contributed by atoms with Crippen molar-refractivity contribution in [2.24, 2.45) is 7.05 Å². The fourth-order valence-corrected chi connectivity index (χ4v) is 2.27. The lowest BCUT2D eigenvalue weighted by Crippen LogP contribution is -2.27. The average Bonchev–Trinajstić information content (AvgIpc) is 2.87. The summed E-state index contributed by atoms with van der Waals surface area (Å²) >= 11 is 0. The summed E-state index contributed by atoms with van der Waals surface area (Å²) in [7, 11) is 3.53. The highest BCUT2D eigenvalue weighted by atomic mass is 19.1. The maximum atomic E-state index is 13.7. The number of aromatic nitrogens is 2. The molecule has 2 aromatic carbocycles. The van der Waals surface area contributed by atoms with Crippen LogP contribution in [0.25, 0.3) is 11.0 Å². The molecule has 0 radical (unpaired) electrons. The van der Waals surface area contributed by atoms with Gasteiger partial charge in [-0.2, -0.15) is 0 Å². The van der Waals surface area contributed by atoms with E-state index in [9.17, 15) is 9.18 Å². The predicted octanol–water partition coefficient (Wildman–Crippen LogP) is 2.99. The molecule has 1 amide bonds. The number of hydrogen-bond acceptors (Lipinski definition) is 2. The zero-order valence-corrected chi connectivity index (χ0v) is 11.7. The molecule has 0 aliphatic heterocycles. The molecule has 1 aromatic heterocycles. The van der Waals surface area contributed by atoms with Crippen LogP contribution in [0.15, 0.2) is 48.8 Å². The van der Waals surface area contributed by atoms with E-state index in [-0.39, 0.29) is 11.5 Å². The van der Waals surface area contributed by atoms with Gasteiger partial charge in [0.15, 0.2) is 0 Å². The average molecular weight is 283 g/mol. The maximum absolute atomic E-state index is 13.7. The number of nitrogens with zero attached hydrogens (tertiary/aromatic N) is 3. The molecule has 5 heteroatoms. The van der Waals surface area contributed by atoms with Crippen LogP contribution >= 0.6 is 0 Å². The lowest BCUT2D eigenvalue weighted by atomic mass is 10.1. The van der Waals surface area contributed by atoms with Gasteiger partial charge in [-0.25, -0.2) is 9.37 Å². The first kappa shape index (κ1) is 13.3. The molecule has 0 aliphatic carbocycles. The molecule has 0 atom stereocenters. The van der Waals surface area contributed by atoms with Gasteiger partial charge in [-0.05, 0) is 30.3 Å². The van der Waals surface area contributed by atoms with E-state index in [0.717, 1.165) is 11.0 Å². The minimum Gasteiger partial charge on any atom is -0.334 e. The van der Waals surface area contributed by atoms with Gasteiger partial charge in [0.1, 0.15) is 5.82 Å². The number of carbonyl (C=O) groups is 1. The number of anilines is 1. The number of imidazole rings is 1. The Morgan fingerprint density at radius 1 is 1.24 bits per heavy atom. The van der Waals surface area contributed by atoms with E-state index in [1.807, 2.05) is 29.8 Å². The van der Waals surface area contributed by atoms with Crippen LogP contribution in [0.3, 0.4) is 0 Å². The molecule has 21 heavy (non-hydrogen) atoms. The second-order valence-electron chi connectivity index (χ2n) is 4.87.